The Morgan fingerprint density at radius 2 is 1.68 bits per heavy atom. The summed E-state index contributed by atoms with van der Waals surface area (Å²) in [6.07, 6.45) is 1.34. The summed E-state index contributed by atoms with van der Waals surface area (Å²) in [7, 11) is 0. The summed E-state index contributed by atoms with van der Waals surface area (Å²) in [4.78, 5) is 51.8. The van der Waals surface area contributed by atoms with Crippen molar-refractivity contribution in [1.29, 1.82) is 0 Å². The molecule has 1 heterocycles. The molecule has 0 atom stereocenters. The number of nitrogens with one attached hydrogen (secondary N) is 2. The molecule has 1 aliphatic heterocycles. The summed E-state index contributed by atoms with van der Waals surface area (Å²) in [5.41, 5.74) is 3.12. The predicted molar refractivity (Wildman–Crippen MR) is 143 cm³/mol. The number of barbiturate groups is 1. The molecule has 4 rings (SSSR count). The fourth-order valence-corrected chi connectivity index (χ4v) is 3.85. The zero-order valence-corrected chi connectivity index (χ0v) is 21.2. The third-order valence-electron chi connectivity index (χ3n) is 5.96. The lowest BCUT2D eigenvalue weighted by molar-refractivity contribution is -0.122. The fraction of sp³-hybridized carbons (Fsp3) is 0.172. The summed E-state index contributed by atoms with van der Waals surface area (Å²) >= 11 is 0. The van der Waals surface area contributed by atoms with Crippen molar-refractivity contribution in [3.8, 4) is 11.5 Å². The third-order valence-corrected chi connectivity index (χ3v) is 5.96. The van der Waals surface area contributed by atoms with Crippen molar-refractivity contribution in [2.24, 2.45) is 0 Å². The molecule has 0 unspecified atom stereocenters. The minimum atomic E-state index is -0.853. The molecule has 0 radical (unpaired) electrons. The average molecular weight is 514 g/mol. The Balaban J connectivity index is 1.53. The summed E-state index contributed by atoms with van der Waals surface area (Å²) in [5.74, 6) is -1.10. The molecule has 0 spiro atoms. The second kappa shape index (κ2) is 11.4. The van der Waals surface area contributed by atoms with Crippen LogP contribution in [0, 0.1) is 13.8 Å². The minimum Gasteiger partial charge on any atom is -0.494 e. The van der Waals surface area contributed by atoms with E-state index in [9.17, 15) is 19.2 Å². The van der Waals surface area contributed by atoms with Gasteiger partial charge in [-0.1, -0.05) is 30.3 Å². The Labute approximate surface area is 220 Å². The number of rotatable bonds is 8. The average Bonchev–Trinajstić information content (AvgIpc) is 2.89. The van der Waals surface area contributed by atoms with Crippen LogP contribution in [0.3, 0.4) is 0 Å². The van der Waals surface area contributed by atoms with E-state index in [0.29, 0.717) is 29.4 Å². The van der Waals surface area contributed by atoms with E-state index >= 15 is 0 Å². The Bertz CT molecular complexity index is 1430. The first kappa shape index (κ1) is 26.2. The number of imide groups is 2. The van der Waals surface area contributed by atoms with Gasteiger partial charge in [0, 0.05) is 11.3 Å². The molecule has 1 saturated heterocycles. The van der Waals surface area contributed by atoms with Crippen molar-refractivity contribution >= 4 is 41.2 Å². The highest BCUT2D eigenvalue weighted by molar-refractivity contribution is 6.39. The van der Waals surface area contributed by atoms with Crippen LogP contribution in [-0.2, 0) is 14.4 Å². The molecule has 0 aliphatic carbocycles. The molecule has 9 nitrogen and oxygen atoms in total. The number of aryl methyl sites for hydroxylation is 1. The van der Waals surface area contributed by atoms with Gasteiger partial charge in [-0.2, -0.15) is 0 Å². The molecular formula is C29H27N3O6. The highest BCUT2D eigenvalue weighted by Gasteiger charge is 2.37. The van der Waals surface area contributed by atoms with Crippen molar-refractivity contribution in [2.45, 2.75) is 20.8 Å². The van der Waals surface area contributed by atoms with E-state index < -0.39 is 17.8 Å². The first-order valence-electron chi connectivity index (χ1n) is 12.0. The van der Waals surface area contributed by atoms with Crippen LogP contribution in [0.1, 0.15) is 23.6 Å². The zero-order valence-electron chi connectivity index (χ0n) is 21.2. The molecular weight excluding hydrogens is 486 g/mol. The van der Waals surface area contributed by atoms with Gasteiger partial charge in [0.25, 0.3) is 17.7 Å². The van der Waals surface area contributed by atoms with Crippen LogP contribution in [0.2, 0.25) is 0 Å². The van der Waals surface area contributed by atoms with Gasteiger partial charge >= 0.3 is 6.03 Å². The van der Waals surface area contributed by atoms with Crippen LogP contribution in [0.4, 0.5) is 16.2 Å². The van der Waals surface area contributed by atoms with Gasteiger partial charge in [0.2, 0.25) is 0 Å². The molecule has 3 aromatic carbocycles. The molecule has 0 bridgehead atoms. The maximum absolute atomic E-state index is 13.2. The SMILES string of the molecule is CCOc1ccc(N2C(=O)NC(=O)/C(=C\c3ccccc3OCC(=O)Nc3cccc(C)c3C)C2=O)cc1. The number of hydrogen-bond acceptors (Lipinski definition) is 6. The van der Waals surface area contributed by atoms with Crippen LogP contribution in [0.25, 0.3) is 6.08 Å². The lowest BCUT2D eigenvalue weighted by Gasteiger charge is -2.26. The van der Waals surface area contributed by atoms with E-state index in [1.807, 2.05) is 39.0 Å². The topological polar surface area (TPSA) is 114 Å². The molecule has 9 heteroatoms. The molecule has 1 aliphatic rings. The summed E-state index contributed by atoms with van der Waals surface area (Å²) < 4.78 is 11.1. The minimum absolute atomic E-state index is 0.255. The van der Waals surface area contributed by atoms with Gasteiger partial charge in [-0.25, -0.2) is 9.69 Å². The van der Waals surface area contributed by atoms with Crippen molar-refractivity contribution < 1.29 is 28.7 Å². The van der Waals surface area contributed by atoms with E-state index in [1.165, 1.54) is 6.08 Å². The Morgan fingerprint density at radius 1 is 0.947 bits per heavy atom. The normalized spacial score (nSPS) is 14.3. The standard InChI is InChI=1S/C29H27N3O6/c1-4-37-22-14-12-21(13-15-22)32-28(35)23(27(34)31-29(32)36)16-20-9-5-6-11-25(20)38-17-26(33)30-24-10-7-8-18(2)19(24)3/h5-16H,4,17H2,1-3H3,(H,30,33)(H,31,34,36)/b23-16+. The molecule has 194 valence electrons. The number of carbonyl (C=O) groups is 4. The molecule has 0 aromatic heterocycles. The molecule has 3 aromatic rings. The molecule has 0 saturated carbocycles. The predicted octanol–water partition coefficient (Wildman–Crippen LogP) is 4.39. The van der Waals surface area contributed by atoms with Crippen molar-refractivity contribution in [1.82, 2.24) is 5.32 Å². The second-order valence-corrected chi connectivity index (χ2v) is 8.51. The Hall–Kier alpha value is -4.92. The Morgan fingerprint density at radius 3 is 2.42 bits per heavy atom. The largest absolute Gasteiger partial charge is 0.494 e. The second-order valence-electron chi connectivity index (χ2n) is 8.51. The smallest absolute Gasteiger partial charge is 0.335 e. The molecule has 5 amide bonds. The summed E-state index contributed by atoms with van der Waals surface area (Å²) in [6, 6.07) is 17.8. The number of carbonyl (C=O) groups excluding carboxylic acids is 4. The number of amides is 5. The van der Waals surface area contributed by atoms with Gasteiger partial charge < -0.3 is 14.8 Å². The molecule has 38 heavy (non-hydrogen) atoms. The van der Waals surface area contributed by atoms with Crippen molar-refractivity contribution in [2.75, 3.05) is 23.4 Å². The molecule has 1 fully saturated rings. The van der Waals surface area contributed by atoms with Crippen LogP contribution >= 0.6 is 0 Å². The number of para-hydroxylation sites is 1. The number of ether oxygens (including phenoxy) is 2. The van der Waals surface area contributed by atoms with E-state index in [4.69, 9.17) is 9.47 Å². The maximum Gasteiger partial charge on any atom is 0.335 e. The van der Waals surface area contributed by atoms with E-state index in [0.717, 1.165) is 16.0 Å². The van der Waals surface area contributed by atoms with E-state index in [-0.39, 0.29) is 23.8 Å². The first-order chi connectivity index (χ1) is 18.3. The summed E-state index contributed by atoms with van der Waals surface area (Å²) in [6.45, 7) is 5.90. The van der Waals surface area contributed by atoms with Crippen molar-refractivity contribution in [3.05, 3.63) is 89.0 Å². The summed E-state index contributed by atoms with van der Waals surface area (Å²) in [5, 5.41) is 5.02. The highest BCUT2D eigenvalue weighted by atomic mass is 16.5. The van der Waals surface area contributed by atoms with Crippen LogP contribution in [0.5, 0.6) is 11.5 Å². The van der Waals surface area contributed by atoms with Crippen molar-refractivity contribution in [3.63, 3.8) is 0 Å². The zero-order chi connectivity index (χ0) is 27.2. The number of urea groups is 1. The third kappa shape index (κ3) is 5.73. The van der Waals surface area contributed by atoms with Gasteiger partial charge in [-0.3, -0.25) is 19.7 Å². The number of nitrogens with zero attached hydrogens (tertiary/aromatic N) is 1. The number of hydrogen-bond donors (Lipinski definition) is 2. The van der Waals surface area contributed by atoms with Gasteiger partial charge in [0.05, 0.1) is 12.3 Å². The van der Waals surface area contributed by atoms with E-state index in [2.05, 4.69) is 10.6 Å². The monoisotopic (exact) mass is 513 g/mol. The van der Waals surface area contributed by atoms with Crippen LogP contribution in [0.15, 0.2) is 72.3 Å². The first-order valence-corrected chi connectivity index (χ1v) is 12.0. The van der Waals surface area contributed by atoms with Crippen LogP contribution < -0.4 is 25.0 Å². The van der Waals surface area contributed by atoms with E-state index in [1.54, 1.807) is 48.5 Å². The molecule has 2 N–H and O–H groups in total. The Kier molecular flexibility index (Phi) is 7.86. The van der Waals surface area contributed by atoms with Gasteiger partial charge in [-0.05, 0) is 74.4 Å². The van der Waals surface area contributed by atoms with Gasteiger partial charge in [0.15, 0.2) is 6.61 Å². The van der Waals surface area contributed by atoms with Crippen LogP contribution in [-0.4, -0.2) is 37.0 Å². The van der Waals surface area contributed by atoms with Gasteiger partial charge in [-0.15, -0.1) is 0 Å². The highest BCUT2D eigenvalue weighted by Crippen LogP contribution is 2.27. The quantitative estimate of drug-likeness (QED) is 0.341. The van der Waals surface area contributed by atoms with Gasteiger partial charge in [0.1, 0.15) is 17.1 Å². The number of anilines is 2. The fourth-order valence-electron chi connectivity index (χ4n) is 3.85. The number of benzene rings is 3. The lowest BCUT2D eigenvalue weighted by Crippen LogP contribution is -2.54. The maximum atomic E-state index is 13.2. The lowest BCUT2D eigenvalue weighted by atomic mass is 10.1.